The summed E-state index contributed by atoms with van der Waals surface area (Å²) in [6.07, 6.45) is 0. The zero-order chi connectivity index (χ0) is 12.7. The predicted molar refractivity (Wildman–Crippen MR) is 65.2 cm³/mol. The molecule has 2 amide bonds. The van der Waals surface area contributed by atoms with Crippen LogP contribution in [0.5, 0.6) is 0 Å². The van der Waals surface area contributed by atoms with Crippen LogP contribution in [0, 0.1) is 5.82 Å². The molecule has 0 atom stereocenters. The predicted octanol–water partition coefficient (Wildman–Crippen LogP) is 1.19. The van der Waals surface area contributed by atoms with Gasteiger partial charge in [-0.25, -0.2) is 9.18 Å². The summed E-state index contributed by atoms with van der Waals surface area (Å²) in [4.78, 5) is 13.3. The highest BCUT2D eigenvalue weighted by Gasteiger charge is 2.00. The molecule has 0 aliphatic carbocycles. The summed E-state index contributed by atoms with van der Waals surface area (Å²) >= 11 is 0. The van der Waals surface area contributed by atoms with Crippen molar-refractivity contribution in [3.05, 3.63) is 35.6 Å². The molecule has 0 aromatic heterocycles. The fourth-order valence-electron chi connectivity index (χ4n) is 1.24. The van der Waals surface area contributed by atoms with E-state index in [0.29, 0.717) is 13.1 Å². The zero-order valence-electron chi connectivity index (χ0n) is 10.2. The second-order valence-corrected chi connectivity index (χ2v) is 4.04. The van der Waals surface area contributed by atoms with Crippen molar-refractivity contribution in [2.75, 3.05) is 27.2 Å². The Morgan fingerprint density at radius 2 is 1.88 bits per heavy atom. The van der Waals surface area contributed by atoms with E-state index in [0.717, 1.165) is 12.1 Å². The molecule has 0 spiro atoms. The van der Waals surface area contributed by atoms with Crippen molar-refractivity contribution in [3.63, 3.8) is 0 Å². The van der Waals surface area contributed by atoms with E-state index in [1.165, 1.54) is 12.1 Å². The number of hydrogen-bond donors (Lipinski definition) is 2. The first-order chi connectivity index (χ1) is 8.08. The summed E-state index contributed by atoms with van der Waals surface area (Å²) < 4.78 is 12.6. The highest BCUT2D eigenvalue weighted by molar-refractivity contribution is 5.73. The van der Waals surface area contributed by atoms with Crippen molar-refractivity contribution in [1.82, 2.24) is 15.5 Å². The van der Waals surface area contributed by atoms with Gasteiger partial charge in [0.2, 0.25) is 0 Å². The lowest BCUT2D eigenvalue weighted by molar-refractivity contribution is 0.239. The maximum Gasteiger partial charge on any atom is 0.315 e. The Hall–Kier alpha value is -1.62. The van der Waals surface area contributed by atoms with Crippen LogP contribution in [-0.4, -0.2) is 38.1 Å². The van der Waals surface area contributed by atoms with Crippen LogP contribution >= 0.6 is 0 Å². The van der Waals surface area contributed by atoms with E-state index >= 15 is 0 Å². The second kappa shape index (κ2) is 6.85. The summed E-state index contributed by atoms with van der Waals surface area (Å²) in [5.41, 5.74) is 0.870. The normalized spacial score (nSPS) is 10.4. The summed E-state index contributed by atoms with van der Waals surface area (Å²) in [5, 5.41) is 5.43. The minimum atomic E-state index is -0.274. The average Bonchev–Trinajstić information content (AvgIpc) is 2.28. The minimum Gasteiger partial charge on any atom is -0.337 e. The van der Waals surface area contributed by atoms with Crippen molar-refractivity contribution in [3.8, 4) is 0 Å². The molecule has 1 aromatic rings. The lowest BCUT2D eigenvalue weighted by Gasteiger charge is -2.11. The lowest BCUT2D eigenvalue weighted by Crippen LogP contribution is -2.38. The van der Waals surface area contributed by atoms with E-state index in [4.69, 9.17) is 0 Å². The monoisotopic (exact) mass is 239 g/mol. The number of carbonyl (C=O) groups excluding carboxylic acids is 1. The van der Waals surface area contributed by atoms with Crippen molar-refractivity contribution in [2.24, 2.45) is 0 Å². The van der Waals surface area contributed by atoms with E-state index < -0.39 is 0 Å². The number of likely N-dealkylation sites (N-methyl/N-ethyl adjacent to an activating group) is 1. The van der Waals surface area contributed by atoms with Crippen LogP contribution in [-0.2, 0) is 6.54 Å². The number of amides is 2. The highest BCUT2D eigenvalue weighted by atomic mass is 19.1. The zero-order valence-corrected chi connectivity index (χ0v) is 10.2. The van der Waals surface area contributed by atoms with Gasteiger partial charge in [-0.3, -0.25) is 0 Å². The number of carbonyl (C=O) groups is 1. The van der Waals surface area contributed by atoms with Gasteiger partial charge in [-0.05, 0) is 31.8 Å². The standard InChI is InChI=1S/C12H18FN3O/c1-16(2)8-7-14-12(17)15-9-10-3-5-11(13)6-4-10/h3-6H,7-9H2,1-2H3,(H2,14,15,17). The van der Waals surface area contributed by atoms with Gasteiger partial charge in [-0.1, -0.05) is 12.1 Å². The summed E-state index contributed by atoms with van der Waals surface area (Å²) in [6, 6.07) is 5.84. The van der Waals surface area contributed by atoms with Crippen molar-refractivity contribution < 1.29 is 9.18 Å². The number of benzene rings is 1. The third kappa shape index (κ3) is 5.87. The topological polar surface area (TPSA) is 44.4 Å². The average molecular weight is 239 g/mol. The molecular weight excluding hydrogens is 221 g/mol. The molecule has 2 N–H and O–H groups in total. The van der Waals surface area contributed by atoms with Crippen molar-refractivity contribution in [2.45, 2.75) is 6.54 Å². The molecule has 0 fully saturated rings. The van der Waals surface area contributed by atoms with Crippen LogP contribution in [0.25, 0.3) is 0 Å². The van der Waals surface area contributed by atoms with Crippen LogP contribution < -0.4 is 10.6 Å². The Morgan fingerprint density at radius 1 is 1.24 bits per heavy atom. The van der Waals surface area contributed by atoms with Crippen LogP contribution in [0.1, 0.15) is 5.56 Å². The molecule has 4 nitrogen and oxygen atoms in total. The SMILES string of the molecule is CN(C)CCNC(=O)NCc1ccc(F)cc1. The summed E-state index contributed by atoms with van der Waals surface area (Å²) in [5.74, 6) is -0.274. The molecule has 17 heavy (non-hydrogen) atoms. The van der Waals surface area contributed by atoms with Gasteiger partial charge >= 0.3 is 6.03 Å². The van der Waals surface area contributed by atoms with E-state index in [9.17, 15) is 9.18 Å². The lowest BCUT2D eigenvalue weighted by atomic mass is 10.2. The molecule has 1 aromatic carbocycles. The minimum absolute atomic E-state index is 0.212. The van der Waals surface area contributed by atoms with Crippen molar-refractivity contribution in [1.29, 1.82) is 0 Å². The van der Waals surface area contributed by atoms with E-state index in [1.54, 1.807) is 12.1 Å². The van der Waals surface area contributed by atoms with Gasteiger partial charge in [0.05, 0.1) is 0 Å². The number of rotatable bonds is 5. The van der Waals surface area contributed by atoms with Crippen LogP contribution in [0.15, 0.2) is 24.3 Å². The Balaban J connectivity index is 2.21. The van der Waals surface area contributed by atoms with Crippen LogP contribution in [0.3, 0.4) is 0 Å². The Kier molecular flexibility index (Phi) is 5.42. The third-order valence-corrected chi connectivity index (χ3v) is 2.21. The van der Waals surface area contributed by atoms with Crippen LogP contribution in [0.2, 0.25) is 0 Å². The fourth-order valence-corrected chi connectivity index (χ4v) is 1.24. The number of nitrogens with zero attached hydrogens (tertiary/aromatic N) is 1. The van der Waals surface area contributed by atoms with Gasteiger partial charge in [0, 0.05) is 19.6 Å². The molecule has 94 valence electrons. The van der Waals surface area contributed by atoms with Gasteiger partial charge in [0.1, 0.15) is 5.82 Å². The number of hydrogen-bond acceptors (Lipinski definition) is 2. The number of urea groups is 1. The molecule has 0 heterocycles. The molecule has 1 rings (SSSR count). The molecule has 0 bridgehead atoms. The maximum atomic E-state index is 12.6. The Bertz CT molecular complexity index is 351. The summed E-state index contributed by atoms with van der Waals surface area (Å²) in [7, 11) is 3.89. The third-order valence-electron chi connectivity index (χ3n) is 2.21. The molecule has 0 aliphatic heterocycles. The smallest absolute Gasteiger partial charge is 0.315 e. The van der Waals surface area contributed by atoms with E-state index in [2.05, 4.69) is 10.6 Å². The largest absolute Gasteiger partial charge is 0.337 e. The van der Waals surface area contributed by atoms with Gasteiger partial charge in [0.15, 0.2) is 0 Å². The summed E-state index contributed by atoms with van der Waals surface area (Å²) in [6.45, 7) is 1.79. The van der Waals surface area contributed by atoms with Crippen LogP contribution in [0.4, 0.5) is 9.18 Å². The van der Waals surface area contributed by atoms with Gasteiger partial charge in [0.25, 0.3) is 0 Å². The van der Waals surface area contributed by atoms with Gasteiger partial charge in [-0.15, -0.1) is 0 Å². The molecule has 0 saturated carbocycles. The van der Waals surface area contributed by atoms with Gasteiger partial charge in [-0.2, -0.15) is 0 Å². The maximum absolute atomic E-state index is 12.6. The Labute approximate surface area is 101 Å². The first kappa shape index (κ1) is 13.4. The molecule has 0 aliphatic rings. The first-order valence-electron chi connectivity index (χ1n) is 5.49. The first-order valence-corrected chi connectivity index (χ1v) is 5.49. The van der Waals surface area contributed by atoms with Crippen molar-refractivity contribution >= 4 is 6.03 Å². The molecule has 0 unspecified atom stereocenters. The Morgan fingerprint density at radius 3 is 2.47 bits per heavy atom. The second-order valence-electron chi connectivity index (χ2n) is 4.04. The fraction of sp³-hybridized carbons (Fsp3) is 0.417. The molecule has 0 radical (unpaired) electrons. The molecule has 0 saturated heterocycles. The van der Waals surface area contributed by atoms with E-state index in [1.807, 2.05) is 19.0 Å². The molecular formula is C12H18FN3O. The molecule has 5 heteroatoms. The quantitative estimate of drug-likeness (QED) is 0.810. The van der Waals surface area contributed by atoms with Gasteiger partial charge < -0.3 is 15.5 Å². The van der Waals surface area contributed by atoms with E-state index in [-0.39, 0.29) is 11.8 Å². The number of nitrogens with one attached hydrogen (secondary N) is 2. The number of halogens is 1. The highest BCUT2D eigenvalue weighted by Crippen LogP contribution is 2.01.